The maximum atomic E-state index is 11.1. The van der Waals surface area contributed by atoms with Gasteiger partial charge in [-0.25, -0.2) is 5.48 Å². The first-order valence-corrected chi connectivity index (χ1v) is 11.9. The van der Waals surface area contributed by atoms with Gasteiger partial charge in [0.2, 0.25) is 0 Å². The molecule has 1 heterocycles. The number of aromatic amines is 1. The molecule has 0 atom stereocenters. The van der Waals surface area contributed by atoms with Crippen LogP contribution in [0.25, 0.3) is 17.0 Å². The highest BCUT2D eigenvalue weighted by molar-refractivity contribution is 5.90. The highest BCUT2D eigenvalue weighted by Gasteiger charge is 2.06. The van der Waals surface area contributed by atoms with Crippen LogP contribution in [-0.4, -0.2) is 29.3 Å². The lowest BCUT2D eigenvalue weighted by Crippen LogP contribution is -2.16. The monoisotopic (exact) mass is 469 g/mol. The Morgan fingerprint density at radius 2 is 1.80 bits per heavy atom. The molecule has 4 rings (SSSR count). The Morgan fingerprint density at radius 3 is 2.60 bits per heavy atom. The Hall–Kier alpha value is -3.87. The number of aryl methyl sites for hydroxylation is 1. The molecule has 1 amide bonds. The number of carbonyl (C=O) groups is 1. The van der Waals surface area contributed by atoms with E-state index in [-0.39, 0.29) is 0 Å². The van der Waals surface area contributed by atoms with E-state index in [2.05, 4.69) is 52.9 Å². The molecule has 0 bridgehead atoms. The third-order valence-corrected chi connectivity index (χ3v) is 5.88. The molecular weight excluding hydrogens is 438 g/mol. The van der Waals surface area contributed by atoms with Gasteiger partial charge >= 0.3 is 0 Å². The third-order valence-electron chi connectivity index (χ3n) is 5.88. The van der Waals surface area contributed by atoms with Crippen LogP contribution in [0.3, 0.4) is 0 Å². The molecule has 0 aliphatic carbocycles. The average molecular weight is 470 g/mol. The summed E-state index contributed by atoms with van der Waals surface area (Å²) in [6, 6.07) is 24.7. The SMILES string of the molecule is O=C(C=Cc1ccc(CNCCc2c[nH]c3ccc(OCCCc4ccccc4)cc23)cc1)NO. The van der Waals surface area contributed by atoms with Gasteiger partial charge in [0.05, 0.1) is 6.61 Å². The molecule has 0 fully saturated rings. The van der Waals surface area contributed by atoms with Crippen molar-refractivity contribution in [3.8, 4) is 5.75 Å². The van der Waals surface area contributed by atoms with Crippen LogP contribution < -0.4 is 15.5 Å². The lowest BCUT2D eigenvalue weighted by Gasteiger charge is -2.08. The Bertz CT molecular complexity index is 1250. The molecule has 0 radical (unpaired) electrons. The zero-order valence-corrected chi connectivity index (χ0v) is 19.7. The number of hydroxylamine groups is 1. The maximum absolute atomic E-state index is 11.1. The van der Waals surface area contributed by atoms with Gasteiger partial charge in [0, 0.05) is 29.7 Å². The first kappa shape index (κ1) is 24.3. The topological polar surface area (TPSA) is 86.4 Å². The van der Waals surface area contributed by atoms with Crippen molar-refractivity contribution < 1.29 is 14.7 Å². The standard InChI is InChI=1S/C29H31N3O3/c33-29(32-34)15-12-23-8-10-24(11-9-23)20-30-17-16-25-21-31-28-14-13-26(19-27(25)28)35-18-4-7-22-5-2-1-3-6-22/h1-3,5-6,8-15,19,21,30-31,34H,4,7,16-18,20H2,(H,32,33). The average Bonchev–Trinajstić information content (AvgIpc) is 3.31. The minimum atomic E-state index is -0.547. The molecule has 6 heteroatoms. The lowest BCUT2D eigenvalue weighted by molar-refractivity contribution is -0.124. The predicted molar refractivity (Wildman–Crippen MR) is 139 cm³/mol. The summed E-state index contributed by atoms with van der Waals surface area (Å²) in [6.45, 7) is 2.32. The van der Waals surface area contributed by atoms with E-state index in [1.54, 1.807) is 11.6 Å². The lowest BCUT2D eigenvalue weighted by atomic mass is 10.1. The molecule has 180 valence electrons. The number of H-pyrrole nitrogens is 1. The molecule has 0 aliphatic heterocycles. The highest BCUT2D eigenvalue weighted by Crippen LogP contribution is 2.24. The summed E-state index contributed by atoms with van der Waals surface area (Å²) >= 11 is 0. The summed E-state index contributed by atoms with van der Waals surface area (Å²) in [5.41, 5.74) is 7.37. The summed E-state index contributed by atoms with van der Waals surface area (Å²) in [6.07, 6.45) is 7.94. The quantitative estimate of drug-likeness (QED) is 0.101. The summed E-state index contributed by atoms with van der Waals surface area (Å²) in [5, 5.41) is 13.2. The van der Waals surface area contributed by atoms with E-state index in [0.29, 0.717) is 6.61 Å². The van der Waals surface area contributed by atoms with E-state index in [1.807, 2.05) is 36.4 Å². The molecule has 0 spiro atoms. The van der Waals surface area contributed by atoms with E-state index < -0.39 is 5.91 Å². The van der Waals surface area contributed by atoms with Crippen LogP contribution >= 0.6 is 0 Å². The summed E-state index contributed by atoms with van der Waals surface area (Å²) in [4.78, 5) is 14.4. The number of amides is 1. The van der Waals surface area contributed by atoms with Crippen molar-refractivity contribution >= 4 is 22.9 Å². The summed E-state index contributed by atoms with van der Waals surface area (Å²) in [7, 11) is 0. The zero-order chi connectivity index (χ0) is 24.3. The Balaban J connectivity index is 1.23. The van der Waals surface area contributed by atoms with Crippen molar-refractivity contribution in [2.45, 2.75) is 25.8 Å². The van der Waals surface area contributed by atoms with Gasteiger partial charge < -0.3 is 15.0 Å². The minimum absolute atomic E-state index is 0.547. The molecule has 6 nitrogen and oxygen atoms in total. The first-order chi connectivity index (χ1) is 17.2. The Labute approximate surface area is 205 Å². The number of nitrogens with one attached hydrogen (secondary N) is 3. The Kier molecular flexibility index (Phi) is 8.70. The predicted octanol–water partition coefficient (Wildman–Crippen LogP) is 5.03. The van der Waals surface area contributed by atoms with Crippen LogP contribution in [0, 0.1) is 0 Å². The van der Waals surface area contributed by atoms with Crippen LogP contribution in [0.4, 0.5) is 0 Å². The largest absolute Gasteiger partial charge is 0.494 e. The number of aromatic nitrogens is 1. The van der Waals surface area contributed by atoms with Gasteiger partial charge in [-0.05, 0) is 72.3 Å². The van der Waals surface area contributed by atoms with E-state index in [0.717, 1.165) is 49.2 Å². The minimum Gasteiger partial charge on any atom is -0.494 e. The number of hydrogen-bond donors (Lipinski definition) is 4. The zero-order valence-electron chi connectivity index (χ0n) is 19.7. The van der Waals surface area contributed by atoms with Crippen molar-refractivity contribution in [1.82, 2.24) is 15.8 Å². The van der Waals surface area contributed by atoms with E-state index in [1.165, 1.54) is 28.2 Å². The van der Waals surface area contributed by atoms with Crippen LogP contribution in [0.1, 0.15) is 28.7 Å². The first-order valence-electron chi connectivity index (χ1n) is 11.9. The van der Waals surface area contributed by atoms with Gasteiger partial charge in [-0.3, -0.25) is 10.0 Å². The number of carbonyl (C=O) groups excluding carboxylic acids is 1. The highest BCUT2D eigenvalue weighted by atomic mass is 16.5. The van der Waals surface area contributed by atoms with Crippen LogP contribution in [0.5, 0.6) is 5.75 Å². The number of hydrogen-bond acceptors (Lipinski definition) is 4. The van der Waals surface area contributed by atoms with Crippen molar-refractivity contribution in [1.29, 1.82) is 0 Å². The summed E-state index contributed by atoms with van der Waals surface area (Å²) < 4.78 is 6.02. The molecule has 3 aromatic carbocycles. The van der Waals surface area contributed by atoms with Gasteiger partial charge in [-0.2, -0.15) is 0 Å². The van der Waals surface area contributed by atoms with Crippen molar-refractivity contribution in [2.75, 3.05) is 13.2 Å². The van der Waals surface area contributed by atoms with Gasteiger partial charge in [0.15, 0.2) is 0 Å². The van der Waals surface area contributed by atoms with Gasteiger partial charge in [-0.1, -0.05) is 54.6 Å². The molecule has 4 aromatic rings. The second kappa shape index (κ2) is 12.6. The normalized spacial score (nSPS) is 11.2. The molecule has 0 unspecified atom stereocenters. The molecule has 0 aliphatic rings. The van der Waals surface area contributed by atoms with Crippen LogP contribution in [0.15, 0.2) is 85.1 Å². The fourth-order valence-corrected chi connectivity index (χ4v) is 3.98. The smallest absolute Gasteiger partial charge is 0.267 e. The van der Waals surface area contributed by atoms with Crippen molar-refractivity contribution in [2.24, 2.45) is 0 Å². The molecule has 0 saturated heterocycles. The van der Waals surface area contributed by atoms with E-state index in [9.17, 15) is 4.79 Å². The number of benzene rings is 3. The second-order valence-corrected chi connectivity index (χ2v) is 8.44. The van der Waals surface area contributed by atoms with Crippen molar-refractivity contribution in [3.05, 3.63) is 107 Å². The molecule has 0 saturated carbocycles. The Morgan fingerprint density at radius 1 is 0.971 bits per heavy atom. The number of fused-ring (bicyclic) bond motifs is 1. The van der Waals surface area contributed by atoms with Crippen LogP contribution in [0.2, 0.25) is 0 Å². The van der Waals surface area contributed by atoms with E-state index >= 15 is 0 Å². The molecule has 4 N–H and O–H groups in total. The van der Waals surface area contributed by atoms with Gasteiger partial charge in [0.25, 0.3) is 5.91 Å². The second-order valence-electron chi connectivity index (χ2n) is 8.44. The van der Waals surface area contributed by atoms with Crippen molar-refractivity contribution in [3.63, 3.8) is 0 Å². The molecule has 1 aromatic heterocycles. The molecule has 35 heavy (non-hydrogen) atoms. The van der Waals surface area contributed by atoms with E-state index in [4.69, 9.17) is 9.94 Å². The fraction of sp³-hybridized carbons (Fsp3) is 0.207. The molecular formula is C29H31N3O3. The van der Waals surface area contributed by atoms with Gasteiger partial charge in [-0.15, -0.1) is 0 Å². The van der Waals surface area contributed by atoms with Crippen LogP contribution in [-0.2, 0) is 24.2 Å². The number of rotatable bonds is 12. The summed E-state index contributed by atoms with van der Waals surface area (Å²) in [5.74, 6) is 0.361. The third kappa shape index (κ3) is 7.30. The fourth-order valence-electron chi connectivity index (χ4n) is 3.98. The van der Waals surface area contributed by atoms with Gasteiger partial charge in [0.1, 0.15) is 5.75 Å². The number of ether oxygens (including phenoxy) is 1. The maximum Gasteiger partial charge on any atom is 0.267 e.